The van der Waals surface area contributed by atoms with Crippen LogP contribution in [0.4, 0.5) is 18.9 Å². The first-order valence-corrected chi connectivity index (χ1v) is 17.6. The normalized spacial score (nSPS) is 19.4. The number of nitrogens with two attached hydrogens (primary N) is 2. The second-order valence-electron chi connectivity index (χ2n) is 10.4. The molecule has 2 aliphatic heterocycles. The number of allylic oxidation sites excluding steroid dienone is 1. The van der Waals surface area contributed by atoms with Crippen LogP contribution in [0.2, 0.25) is 0 Å². The summed E-state index contributed by atoms with van der Waals surface area (Å²) in [5.74, 6) is -2.88. The van der Waals surface area contributed by atoms with Crippen molar-refractivity contribution in [2.75, 3.05) is 44.0 Å². The molecule has 0 amide bonds. The van der Waals surface area contributed by atoms with Crippen LogP contribution in [0.1, 0.15) is 0 Å². The van der Waals surface area contributed by atoms with E-state index < -0.39 is 63.9 Å². The highest BCUT2D eigenvalue weighted by Crippen LogP contribution is 2.34. The van der Waals surface area contributed by atoms with Gasteiger partial charge >= 0.3 is 0 Å². The quantitative estimate of drug-likeness (QED) is 0.169. The highest BCUT2D eigenvalue weighted by Gasteiger charge is 2.48. The average molecular weight is 694 g/mol. The number of nitrogens with zero attached hydrogens (tertiary/aromatic N) is 2. The Kier molecular flexibility index (Phi) is 13.8. The maximum absolute atomic E-state index is 15.0. The van der Waals surface area contributed by atoms with Crippen molar-refractivity contribution in [3.05, 3.63) is 84.8 Å². The number of ether oxygens (including phenoxy) is 3. The number of aromatic nitrogens is 3. The Morgan fingerprint density at radius 3 is 2.15 bits per heavy atom. The zero-order chi connectivity index (χ0) is 34.8. The molecule has 10 nitrogen and oxygen atoms in total. The summed E-state index contributed by atoms with van der Waals surface area (Å²) in [7, 11) is -0.611. The molecule has 0 unspecified atom stereocenters. The van der Waals surface area contributed by atoms with Gasteiger partial charge in [-0.05, 0) is 54.0 Å². The molecule has 254 valence electrons. The lowest BCUT2D eigenvalue weighted by atomic mass is 10.0. The third-order valence-electron chi connectivity index (χ3n) is 6.43. The molecule has 2 aliphatic rings. The average Bonchev–Trinajstić information content (AvgIpc) is 3.70. The molecule has 0 bridgehead atoms. The number of hydrogen-bond acceptors (Lipinski definition) is 10. The van der Waals surface area contributed by atoms with E-state index in [1.807, 2.05) is 12.5 Å². The maximum atomic E-state index is 15.0. The van der Waals surface area contributed by atoms with Crippen molar-refractivity contribution in [1.29, 1.82) is 0 Å². The van der Waals surface area contributed by atoms with Gasteiger partial charge in [-0.15, -0.1) is 0 Å². The molecular formula is C32H38F3N5O5S2. The van der Waals surface area contributed by atoms with E-state index in [2.05, 4.69) is 28.1 Å². The summed E-state index contributed by atoms with van der Waals surface area (Å²) in [6.45, 7) is 6.98. The van der Waals surface area contributed by atoms with E-state index in [9.17, 15) is 13.7 Å². The molecule has 0 spiro atoms. The van der Waals surface area contributed by atoms with Crippen LogP contribution in [0.25, 0.3) is 33.5 Å². The number of anilines is 1. The number of aliphatic hydroxyl groups is 1. The van der Waals surface area contributed by atoms with E-state index in [1.54, 1.807) is 48.5 Å². The summed E-state index contributed by atoms with van der Waals surface area (Å²) in [6.07, 6.45) is 6.62. The predicted octanol–water partition coefficient (Wildman–Crippen LogP) is 4.82. The van der Waals surface area contributed by atoms with Crippen LogP contribution in [0.15, 0.2) is 67.4 Å². The molecule has 4 heterocycles. The van der Waals surface area contributed by atoms with Crippen molar-refractivity contribution in [2.24, 2.45) is 5.73 Å². The molecule has 0 aliphatic carbocycles. The van der Waals surface area contributed by atoms with E-state index in [-0.39, 0.29) is 36.0 Å². The lowest BCUT2D eigenvalue weighted by Crippen LogP contribution is -2.34. The number of fused-ring (bicyclic) bond motifs is 2. The molecule has 2 fully saturated rings. The van der Waals surface area contributed by atoms with Crippen molar-refractivity contribution in [3.8, 4) is 28.4 Å². The van der Waals surface area contributed by atoms with Crippen molar-refractivity contribution in [1.82, 2.24) is 15.0 Å². The molecule has 4 atom stereocenters. The summed E-state index contributed by atoms with van der Waals surface area (Å²) in [5.41, 5.74) is 11.6. The van der Waals surface area contributed by atoms with E-state index in [0.717, 1.165) is 18.2 Å². The highest BCUT2D eigenvalue weighted by molar-refractivity contribution is 7.97. The van der Waals surface area contributed by atoms with Crippen molar-refractivity contribution >= 4 is 39.4 Å². The SMILES string of the molecule is C=CC(=C)N.CS(C)=O.CSC.Nc1ccc(-c2cc(F)c(-c3nc4nc(O[C@@H]5CO[C@H]6[C@@H]5OC[C@H]6O)[nH]c4cc3F)c(F)c2)cc1. The molecular weight excluding hydrogens is 656 g/mol. The van der Waals surface area contributed by atoms with Crippen LogP contribution in [0, 0.1) is 17.5 Å². The monoisotopic (exact) mass is 693 g/mol. The number of H-pyrrole nitrogens is 1. The smallest absolute Gasteiger partial charge is 0.296 e. The van der Waals surface area contributed by atoms with E-state index in [1.165, 1.54) is 6.08 Å². The molecule has 2 aromatic carbocycles. The fourth-order valence-electron chi connectivity index (χ4n) is 4.46. The van der Waals surface area contributed by atoms with Crippen LogP contribution in [0.5, 0.6) is 6.01 Å². The summed E-state index contributed by atoms with van der Waals surface area (Å²) in [5, 5.41) is 9.86. The lowest BCUT2D eigenvalue weighted by Gasteiger charge is -2.15. The Labute approximate surface area is 277 Å². The Morgan fingerprint density at radius 1 is 1.04 bits per heavy atom. The Morgan fingerprint density at radius 2 is 1.60 bits per heavy atom. The number of thioether (sulfide) groups is 1. The minimum atomic E-state index is -0.972. The van der Waals surface area contributed by atoms with E-state index in [0.29, 0.717) is 16.9 Å². The number of pyridine rings is 1. The van der Waals surface area contributed by atoms with Crippen LogP contribution < -0.4 is 16.2 Å². The van der Waals surface area contributed by atoms with Gasteiger partial charge in [-0.1, -0.05) is 25.3 Å². The third-order valence-corrected chi connectivity index (χ3v) is 6.43. The van der Waals surface area contributed by atoms with Crippen LogP contribution >= 0.6 is 11.8 Å². The Balaban J connectivity index is 0.000000434. The number of benzene rings is 2. The number of aliphatic hydroxyl groups excluding tert-OH is 1. The number of nitrogen functional groups attached to an aromatic ring is 1. The Hall–Kier alpha value is -3.89. The number of hydrogen-bond donors (Lipinski definition) is 4. The van der Waals surface area contributed by atoms with Gasteiger partial charge < -0.3 is 35.8 Å². The Bertz CT molecular complexity index is 1680. The standard InChI is InChI=1S/C24H19F3N4O4.C4H7N.C2H6OS.C2H6S/c25-13-5-11(10-1-3-12(28)4-2-10)6-14(26)19(13)20-15(27)7-16-23(30-20)31-24(29-16)35-18-9-34-21-17(32)8-33-22(18)21;1-3-4(2)5;1-4(2)3;1-3-2/h1-7,17-18,21-22,32H,8-9,28H2,(H,29,30,31);3H,1-2,5H2;1-2H3;1-2H3/t17-,18-,21-,22-;;;/m1.../s1. The molecule has 6 rings (SSSR count). The fraction of sp³-hybridized carbons (Fsp3) is 0.312. The first kappa shape index (κ1) is 37.6. The summed E-state index contributed by atoms with van der Waals surface area (Å²) >= 11 is 1.75. The van der Waals surface area contributed by atoms with Gasteiger partial charge in [-0.3, -0.25) is 4.21 Å². The highest BCUT2D eigenvalue weighted by atomic mass is 32.2. The van der Waals surface area contributed by atoms with Crippen LogP contribution in [0.3, 0.4) is 0 Å². The second kappa shape index (κ2) is 17.3. The largest absolute Gasteiger partial charge is 0.456 e. The van der Waals surface area contributed by atoms with Gasteiger partial charge in [0.1, 0.15) is 35.6 Å². The first-order chi connectivity index (χ1) is 22.3. The zero-order valence-corrected chi connectivity index (χ0v) is 28.0. The van der Waals surface area contributed by atoms with Crippen molar-refractivity contribution < 1.29 is 36.7 Å². The predicted molar refractivity (Wildman–Crippen MR) is 182 cm³/mol. The number of halogens is 3. The van der Waals surface area contributed by atoms with E-state index >= 15 is 8.78 Å². The van der Waals surface area contributed by atoms with Gasteiger partial charge in [0.2, 0.25) is 0 Å². The molecule has 6 N–H and O–H groups in total. The van der Waals surface area contributed by atoms with Crippen molar-refractivity contribution in [2.45, 2.75) is 24.4 Å². The molecule has 0 saturated carbocycles. The number of imidazole rings is 1. The topological polar surface area (TPSA) is 159 Å². The fourth-order valence-corrected chi connectivity index (χ4v) is 4.46. The minimum absolute atomic E-state index is 0.0145. The second-order valence-corrected chi connectivity index (χ2v) is 12.7. The lowest BCUT2D eigenvalue weighted by molar-refractivity contribution is 0.00706. The minimum Gasteiger partial charge on any atom is -0.456 e. The molecule has 15 heteroatoms. The van der Waals surface area contributed by atoms with Gasteiger partial charge in [0.05, 0.1) is 24.3 Å². The number of nitrogens with one attached hydrogen (secondary N) is 1. The van der Waals surface area contributed by atoms with Crippen LogP contribution in [-0.4, -0.2) is 86.9 Å². The van der Waals surface area contributed by atoms with Gasteiger partial charge in [-0.2, -0.15) is 16.7 Å². The molecule has 47 heavy (non-hydrogen) atoms. The number of rotatable bonds is 5. The molecule has 2 aromatic heterocycles. The van der Waals surface area contributed by atoms with Gasteiger partial charge in [0.15, 0.2) is 17.6 Å². The van der Waals surface area contributed by atoms with Crippen molar-refractivity contribution in [3.63, 3.8) is 0 Å². The summed E-state index contributed by atoms with van der Waals surface area (Å²) in [6, 6.07) is 9.79. The first-order valence-electron chi connectivity index (χ1n) is 14.0. The molecule has 4 aromatic rings. The van der Waals surface area contributed by atoms with E-state index in [4.69, 9.17) is 25.7 Å². The van der Waals surface area contributed by atoms with Crippen LogP contribution in [-0.2, 0) is 20.3 Å². The molecule has 0 radical (unpaired) electrons. The summed E-state index contributed by atoms with van der Waals surface area (Å²) < 4.78 is 71.3. The van der Waals surface area contributed by atoms with Gasteiger partial charge in [0, 0.05) is 40.8 Å². The zero-order valence-electron chi connectivity index (χ0n) is 26.3. The summed E-state index contributed by atoms with van der Waals surface area (Å²) in [4.78, 5) is 11.0. The third kappa shape index (κ3) is 10.0. The number of aromatic amines is 1. The van der Waals surface area contributed by atoms with Gasteiger partial charge in [-0.25, -0.2) is 18.2 Å². The van der Waals surface area contributed by atoms with Gasteiger partial charge in [0.25, 0.3) is 6.01 Å². The maximum Gasteiger partial charge on any atom is 0.296 e. The molecule has 2 saturated heterocycles.